The molecule has 0 saturated heterocycles. The topological polar surface area (TPSA) is 101 Å². The van der Waals surface area contributed by atoms with Gasteiger partial charge in [-0.05, 0) is 42.3 Å². The molecule has 2 aromatic heterocycles. The number of halogens is 1. The molecule has 0 fully saturated rings. The van der Waals surface area contributed by atoms with Crippen molar-refractivity contribution in [2.75, 3.05) is 6.54 Å². The van der Waals surface area contributed by atoms with Crippen LogP contribution >= 0.6 is 11.6 Å². The summed E-state index contributed by atoms with van der Waals surface area (Å²) in [6.07, 6.45) is 2.18. The molecule has 3 aromatic rings. The zero-order chi connectivity index (χ0) is 19.4. The molecule has 3 rings (SSSR count). The Labute approximate surface area is 161 Å². The average molecular weight is 406 g/mol. The molecule has 1 aromatic carbocycles. The van der Waals surface area contributed by atoms with Gasteiger partial charge in [-0.2, -0.15) is 0 Å². The normalized spacial score (nSPS) is 11.3. The van der Waals surface area contributed by atoms with Crippen LogP contribution in [-0.2, 0) is 16.4 Å². The van der Waals surface area contributed by atoms with E-state index in [9.17, 15) is 13.2 Å². The standard InChI is InChI=1S/C18H16ClN3O4S/c19-17-15(7-4-9-20-17)16-11-13(8-10-21-18(23)24)12-22(16)27(25,26)14-5-2-1-3-6-14/h1-7,9,11-12,21H,8,10H2,(H,23,24). The Kier molecular flexibility index (Phi) is 5.48. The summed E-state index contributed by atoms with van der Waals surface area (Å²) in [6, 6.07) is 13.1. The molecule has 0 unspecified atom stereocenters. The highest BCUT2D eigenvalue weighted by Crippen LogP contribution is 2.31. The fourth-order valence-electron chi connectivity index (χ4n) is 2.63. The third kappa shape index (κ3) is 4.12. The second-order valence-electron chi connectivity index (χ2n) is 5.67. The van der Waals surface area contributed by atoms with Gasteiger partial charge in [-0.15, -0.1) is 0 Å². The van der Waals surface area contributed by atoms with Gasteiger partial charge >= 0.3 is 6.09 Å². The Morgan fingerprint density at radius 2 is 1.93 bits per heavy atom. The van der Waals surface area contributed by atoms with E-state index < -0.39 is 16.1 Å². The number of amides is 1. The Bertz CT molecular complexity index is 1070. The molecule has 0 aliphatic carbocycles. The van der Waals surface area contributed by atoms with Crippen molar-refractivity contribution in [3.8, 4) is 11.3 Å². The number of benzene rings is 1. The SMILES string of the molecule is O=C(O)NCCc1cc(-c2cccnc2Cl)n(S(=O)(=O)c2ccccc2)c1. The van der Waals surface area contributed by atoms with Gasteiger partial charge in [0.05, 0.1) is 10.6 Å². The number of rotatable bonds is 6. The predicted molar refractivity (Wildman–Crippen MR) is 101 cm³/mol. The summed E-state index contributed by atoms with van der Waals surface area (Å²) < 4.78 is 27.4. The summed E-state index contributed by atoms with van der Waals surface area (Å²) in [5.74, 6) is 0. The maximum absolute atomic E-state index is 13.1. The maximum Gasteiger partial charge on any atom is 0.404 e. The largest absolute Gasteiger partial charge is 0.465 e. The van der Waals surface area contributed by atoms with E-state index in [2.05, 4.69) is 10.3 Å². The van der Waals surface area contributed by atoms with Crippen molar-refractivity contribution < 1.29 is 18.3 Å². The highest BCUT2D eigenvalue weighted by atomic mass is 35.5. The second-order valence-corrected chi connectivity index (χ2v) is 7.84. The number of nitrogens with zero attached hydrogens (tertiary/aromatic N) is 2. The van der Waals surface area contributed by atoms with Crippen molar-refractivity contribution in [1.82, 2.24) is 14.3 Å². The van der Waals surface area contributed by atoms with E-state index in [-0.39, 0.29) is 16.6 Å². The minimum absolute atomic E-state index is 0.136. The number of nitrogens with one attached hydrogen (secondary N) is 1. The van der Waals surface area contributed by atoms with Crippen molar-refractivity contribution in [1.29, 1.82) is 0 Å². The summed E-state index contributed by atoms with van der Waals surface area (Å²) in [4.78, 5) is 14.8. The minimum atomic E-state index is -3.86. The molecule has 1 amide bonds. The van der Waals surface area contributed by atoms with E-state index in [1.807, 2.05) is 0 Å². The Morgan fingerprint density at radius 3 is 2.59 bits per heavy atom. The van der Waals surface area contributed by atoms with Gasteiger partial charge in [0.2, 0.25) is 0 Å². The van der Waals surface area contributed by atoms with Gasteiger partial charge in [-0.3, -0.25) is 0 Å². The molecule has 2 N–H and O–H groups in total. The van der Waals surface area contributed by atoms with E-state index in [1.54, 1.807) is 36.4 Å². The van der Waals surface area contributed by atoms with Crippen molar-refractivity contribution in [3.63, 3.8) is 0 Å². The van der Waals surface area contributed by atoms with Gasteiger partial charge in [-0.1, -0.05) is 29.8 Å². The van der Waals surface area contributed by atoms with Gasteiger partial charge < -0.3 is 10.4 Å². The Morgan fingerprint density at radius 1 is 1.19 bits per heavy atom. The third-order valence-corrected chi connectivity index (χ3v) is 5.86. The van der Waals surface area contributed by atoms with Crippen LogP contribution in [0.25, 0.3) is 11.3 Å². The smallest absolute Gasteiger partial charge is 0.404 e. The van der Waals surface area contributed by atoms with Crippen LogP contribution in [0, 0.1) is 0 Å². The lowest BCUT2D eigenvalue weighted by Crippen LogP contribution is -2.23. The van der Waals surface area contributed by atoms with Crippen LogP contribution in [0.3, 0.4) is 0 Å². The molecule has 0 spiro atoms. The molecular weight excluding hydrogens is 390 g/mol. The molecule has 0 radical (unpaired) electrons. The first kappa shape index (κ1) is 18.9. The fourth-order valence-corrected chi connectivity index (χ4v) is 4.25. The van der Waals surface area contributed by atoms with Crippen LogP contribution < -0.4 is 5.32 Å². The highest BCUT2D eigenvalue weighted by molar-refractivity contribution is 7.90. The molecule has 0 bridgehead atoms. The monoisotopic (exact) mass is 405 g/mol. The molecular formula is C18H16ClN3O4S. The van der Waals surface area contributed by atoms with Crippen molar-refractivity contribution in [2.24, 2.45) is 0 Å². The summed E-state index contributed by atoms with van der Waals surface area (Å²) in [5, 5.41) is 11.1. The highest BCUT2D eigenvalue weighted by Gasteiger charge is 2.23. The van der Waals surface area contributed by atoms with Crippen molar-refractivity contribution in [2.45, 2.75) is 11.3 Å². The Balaban J connectivity index is 2.10. The zero-order valence-electron chi connectivity index (χ0n) is 14.0. The molecule has 2 heterocycles. The quantitative estimate of drug-likeness (QED) is 0.613. The molecule has 9 heteroatoms. The molecule has 0 atom stereocenters. The summed E-state index contributed by atoms with van der Waals surface area (Å²) >= 11 is 6.17. The van der Waals surface area contributed by atoms with Gasteiger partial charge in [0.15, 0.2) is 0 Å². The first-order valence-electron chi connectivity index (χ1n) is 7.99. The number of hydrogen-bond acceptors (Lipinski definition) is 4. The summed E-state index contributed by atoms with van der Waals surface area (Å²) in [6.45, 7) is 0.158. The first-order chi connectivity index (χ1) is 12.9. The van der Waals surface area contributed by atoms with E-state index in [0.717, 1.165) is 3.97 Å². The van der Waals surface area contributed by atoms with E-state index in [1.165, 1.54) is 24.5 Å². The van der Waals surface area contributed by atoms with Crippen LogP contribution in [0.5, 0.6) is 0 Å². The van der Waals surface area contributed by atoms with E-state index >= 15 is 0 Å². The molecule has 7 nitrogen and oxygen atoms in total. The average Bonchev–Trinajstić information content (AvgIpc) is 3.07. The number of pyridine rings is 1. The zero-order valence-corrected chi connectivity index (χ0v) is 15.6. The maximum atomic E-state index is 13.1. The number of carboxylic acid groups (broad SMARTS) is 1. The molecule has 140 valence electrons. The van der Waals surface area contributed by atoms with Crippen LogP contribution in [0.1, 0.15) is 5.56 Å². The molecule has 0 aliphatic rings. The fraction of sp³-hybridized carbons (Fsp3) is 0.111. The van der Waals surface area contributed by atoms with Crippen molar-refractivity contribution in [3.05, 3.63) is 71.6 Å². The number of aromatic nitrogens is 2. The Hall–Kier alpha value is -2.84. The van der Waals surface area contributed by atoms with E-state index in [0.29, 0.717) is 23.2 Å². The lowest BCUT2D eigenvalue weighted by Gasteiger charge is -2.11. The van der Waals surface area contributed by atoms with Crippen LogP contribution in [0.15, 0.2) is 65.8 Å². The number of hydrogen-bond donors (Lipinski definition) is 2. The van der Waals surface area contributed by atoms with Gasteiger partial charge in [0.1, 0.15) is 5.15 Å². The first-order valence-corrected chi connectivity index (χ1v) is 9.81. The third-order valence-electron chi connectivity index (χ3n) is 3.87. The second kappa shape index (κ2) is 7.81. The van der Waals surface area contributed by atoms with Gasteiger partial charge in [0.25, 0.3) is 10.0 Å². The van der Waals surface area contributed by atoms with Crippen LogP contribution in [0.2, 0.25) is 5.15 Å². The summed E-state index contributed by atoms with van der Waals surface area (Å²) in [7, 11) is -3.86. The predicted octanol–water partition coefficient (Wildman–Crippen LogP) is 3.25. The lowest BCUT2D eigenvalue weighted by molar-refractivity contribution is 0.194. The van der Waals surface area contributed by atoms with Gasteiger partial charge in [-0.25, -0.2) is 22.2 Å². The van der Waals surface area contributed by atoms with E-state index in [4.69, 9.17) is 16.7 Å². The van der Waals surface area contributed by atoms with Gasteiger partial charge in [0, 0.05) is 24.5 Å². The molecule has 27 heavy (non-hydrogen) atoms. The van der Waals surface area contributed by atoms with Crippen LogP contribution in [-0.4, -0.2) is 35.1 Å². The minimum Gasteiger partial charge on any atom is -0.465 e. The van der Waals surface area contributed by atoms with Crippen molar-refractivity contribution >= 4 is 27.7 Å². The molecule has 0 aliphatic heterocycles. The number of carbonyl (C=O) groups is 1. The molecule has 0 saturated carbocycles. The van der Waals surface area contributed by atoms with Crippen LogP contribution in [0.4, 0.5) is 4.79 Å². The lowest BCUT2D eigenvalue weighted by atomic mass is 10.2. The summed E-state index contributed by atoms with van der Waals surface area (Å²) in [5.41, 5.74) is 1.48.